The fourth-order valence-corrected chi connectivity index (χ4v) is 4.92. The molecular weight excluding hydrogens is 388 g/mol. The van der Waals surface area contributed by atoms with Crippen molar-refractivity contribution in [2.45, 2.75) is 24.8 Å². The van der Waals surface area contributed by atoms with E-state index in [4.69, 9.17) is 0 Å². The number of esters is 1. The Morgan fingerprint density at radius 1 is 1.19 bits per heavy atom. The Kier molecular flexibility index (Phi) is 5.07. The lowest BCUT2D eigenvalue weighted by atomic mass is 10.2. The standard InChI is InChI=1S/C18H18N2O5S2/c1-11(2)20-15-8-7-14(10-16(15)26-18(20)22)27(23,24)19-13-6-4-5-12(9-13)17(21)25-3/h4-11,19H,1-3H3. The molecular formula is C18H18N2O5S2. The largest absolute Gasteiger partial charge is 0.465 e. The molecule has 3 rings (SSSR count). The molecule has 0 unspecified atom stereocenters. The van der Waals surface area contributed by atoms with Gasteiger partial charge in [-0.3, -0.25) is 14.1 Å². The van der Waals surface area contributed by atoms with Crippen molar-refractivity contribution in [1.82, 2.24) is 4.57 Å². The fourth-order valence-electron chi connectivity index (χ4n) is 2.71. The average Bonchev–Trinajstić information content (AvgIpc) is 2.95. The molecule has 1 aromatic heterocycles. The number of anilines is 1. The summed E-state index contributed by atoms with van der Waals surface area (Å²) in [6.07, 6.45) is 0. The summed E-state index contributed by atoms with van der Waals surface area (Å²) in [6, 6.07) is 10.6. The van der Waals surface area contributed by atoms with E-state index in [1.54, 1.807) is 16.7 Å². The lowest BCUT2D eigenvalue weighted by Crippen LogP contribution is -2.15. The zero-order valence-corrected chi connectivity index (χ0v) is 16.6. The maximum absolute atomic E-state index is 12.7. The summed E-state index contributed by atoms with van der Waals surface area (Å²) in [7, 11) is -2.63. The molecule has 0 atom stereocenters. The summed E-state index contributed by atoms with van der Waals surface area (Å²) >= 11 is 1.01. The first-order valence-electron chi connectivity index (χ1n) is 8.09. The Bertz CT molecular complexity index is 1180. The number of fused-ring (bicyclic) bond motifs is 1. The minimum atomic E-state index is -3.88. The number of carbonyl (C=O) groups excluding carboxylic acids is 1. The summed E-state index contributed by atoms with van der Waals surface area (Å²) in [5.74, 6) is -0.558. The van der Waals surface area contributed by atoms with Crippen LogP contribution in [0.25, 0.3) is 10.2 Å². The number of nitrogens with zero attached hydrogens (tertiary/aromatic N) is 1. The Morgan fingerprint density at radius 2 is 1.93 bits per heavy atom. The molecule has 0 aliphatic heterocycles. The van der Waals surface area contributed by atoms with E-state index < -0.39 is 16.0 Å². The van der Waals surface area contributed by atoms with E-state index in [0.717, 1.165) is 11.3 Å². The number of rotatable bonds is 5. The van der Waals surface area contributed by atoms with Crippen LogP contribution in [0.1, 0.15) is 30.2 Å². The zero-order chi connectivity index (χ0) is 19.8. The molecule has 0 aliphatic rings. The molecule has 27 heavy (non-hydrogen) atoms. The highest BCUT2D eigenvalue weighted by molar-refractivity contribution is 7.92. The number of hydrogen-bond acceptors (Lipinski definition) is 6. The highest BCUT2D eigenvalue weighted by Crippen LogP contribution is 2.25. The van der Waals surface area contributed by atoms with E-state index in [0.29, 0.717) is 10.2 Å². The van der Waals surface area contributed by atoms with Crippen molar-refractivity contribution in [3.05, 3.63) is 57.7 Å². The van der Waals surface area contributed by atoms with E-state index in [1.165, 1.54) is 37.4 Å². The smallest absolute Gasteiger partial charge is 0.337 e. The topological polar surface area (TPSA) is 94.5 Å². The van der Waals surface area contributed by atoms with E-state index >= 15 is 0 Å². The van der Waals surface area contributed by atoms with Crippen molar-refractivity contribution in [3.63, 3.8) is 0 Å². The molecule has 0 spiro atoms. The van der Waals surface area contributed by atoms with Crippen LogP contribution in [0.2, 0.25) is 0 Å². The van der Waals surface area contributed by atoms with Gasteiger partial charge in [-0.25, -0.2) is 13.2 Å². The number of benzene rings is 2. The van der Waals surface area contributed by atoms with Crippen molar-refractivity contribution in [1.29, 1.82) is 0 Å². The summed E-state index contributed by atoms with van der Waals surface area (Å²) in [4.78, 5) is 23.6. The molecule has 0 bridgehead atoms. The predicted molar refractivity (Wildman–Crippen MR) is 105 cm³/mol. The maximum Gasteiger partial charge on any atom is 0.337 e. The van der Waals surface area contributed by atoms with Crippen LogP contribution < -0.4 is 9.60 Å². The fraction of sp³-hybridized carbons (Fsp3) is 0.222. The first-order valence-corrected chi connectivity index (χ1v) is 10.4. The van der Waals surface area contributed by atoms with Gasteiger partial charge in [-0.1, -0.05) is 17.4 Å². The van der Waals surface area contributed by atoms with E-state index in [9.17, 15) is 18.0 Å². The highest BCUT2D eigenvalue weighted by atomic mass is 32.2. The number of thiazole rings is 1. The zero-order valence-electron chi connectivity index (χ0n) is 14.9. The number of ether oxygens (including phenoxy) is 1. The Morgan fingerprint density at radius 3 is 2.59 bits per heavy atom. The van der Waals surface area contributed by atoms with Crippen LogP contribution in [0.4, 0.5) is 5.69 Å². The highest BCUT2D eigenvalue weighted by Gasteiger charge is 2.18. The number of carbonyl (C=O) groups is 1. The minimum Gasteiger partial charge on any atom is -0.465 e. The van der Waals surface area contributed by atoms with Gasteiger partial charge in [-0.05, 0) is 50.2 Å². The molecule has 0 radical (unpaired) electrons. The third kappa shape index (κ3) is 3.74. The van der Waals surface area contributed by atoms with Crippen LogP contribution in [-0.2, 0) is 14.8 Å². The van der Waals surface area contributed by atoms with E-state index in [1.807, 2.05) is 13.8 Å². The Labute approximate surface area is 160 Å². The molecule has 0 aliphatic carbocycles. The lowest BCUT2D eigenvalue weighted by Gasteiger charge is -2.10. The van der Waals surface area contributed by atoms with Crippen LogP contribution in [0.3, 0.4) is 0 Å². The van der Waals surface area contributed by atoms with Crippen molar-refractivity contribution < 1.29 is 17.9 Å². The van der Waals surface area contributed by atoms with Gasteiger partial charge in [-0.15, -0.1) is 0 Å². The number of methoxy groups -OCH3 is 1. The van der Waals surface area contributed by atoms with Crippen LogP contribution >= 0.6 is 11.3 Å². The van der Waals surface area contributed by atoms with E-state index in [-0.39, 0.29) is 27.1 Å². The van der Waals surface area contributed by atoms with Crippen molar-refractivity contribution >= 4 is 43.2 Å². The molecule has 0 saturated heterocycles. The SMILES string of the molecule is COC(=O)c1cccc(NS(=O)(=O)c2ccc3c(c2)sc(=O)n3C(C)C)c1. The summed E-state index contributed by atoms with van der Waals surface area (Å²) in [5.41, 5.74) is 1.18. The lowest BCUT2D eigenvalue weighted by molar-refractivity contribution is 0.0601. The normalized spacial score (nSPS) is 11.7. The van der Waals surface area contributed by atoms with Crippen molar-refractivity contribution in [2.75, 3.05) is 11.8 Å². The third-order valence-electron chi connectivity index (χ3n) is 3.95. The second kappa shape index (κ2) is 7.16. The first kappa shape index (κ1) is 19.1. The van der Waals surface area contributed by atoms with Gasteiger partial charge in [-0.2, -0.15) is 0 Å². The molecule has 0 fully saturated rings. The first-order chi connectivity index (χ1) is 12.7. The number of nitrogens with one attached hydrogen (secondary N) is 1. The van der Waals surface area contributed by atoms with Crippen LogP contribution in [0.5, 0.6) is 0 Å². The predicted octanol–water partition coefficient (Wildman–Crippen LogP) is 3.23. The maximum atomic E-state index is 12.7. The van der Waals surface area contributed by atoms with Gasteiger partial charge >= 0.3 is 10.8 Å². The summed E-state index contributed by atoms with van der Waals surface area (Å²) < 4.78 is 34.7. The molecule has 142 valence electrons. The van der Waals surface area contributed by atoms with E-state index in [2.05, 4.69) is 9.46 Å². The average molecular weight is 406 g/mol. The Balaban J connectivity index is 1.98. The van der Waals surface area contributed by atoms with Crippen LogP contribution in [0.15, 0.2) is 52.2 Å². The molecule has 9 heteroatoms. The van der Waals surface area contributed by atoms with Gasteiger partial charge in [0.2, 0.25) is 0 Å². The van der Waals surface area contributed by atoms with Gasteiger partial charge in [0.15, 0.2) is 0 Å². The molecule has 2 aromatic carbocycles. The monoisotopic (exact) mass is 406 g/mol. The number of sulfonamides is 1. The van der Waals surface area contributed by atoms with Gasteiger partial charge in [0.1, 0.15) is 0 Å². The minimum absolute atomic E-state index is 0.0205. The van der Waals surface area contributed by atoms with Crippen LogP contribution in [0, 0.1) is 0 Å². The second-order valence-electron chi connectivity index (χ2n) is 6.14. The van der Waals surface area contributed by atoms with Crippen molar-refractivity contribution in [3.8, 4) is 0 Å². The van der Waals surface area contributed by atoms with Gasteiger partial charge in [0.05, 0.1) is 27.8 Å². The van der Waals surface area contributed by atoms with Gasteiger partial charge in [0, 0.05) is 11.7 Å². The molecule has 1 heterocycles. The molecule has 1 N–H and O–H groups in total. The van der Waals surface area contributed by atoms with Gasteiger partial charge in [0.25, 0.3) is 10.0 Å². The number of aromatic nitrogens is 1. The van der Waals surface area contributed by atoms with Crippen LogP contribution in [-0.4, -0.2) is 26.1 Å². The molecule has 7 nitrogen and oxygen atoms in total. The summed E-state index contributed by atoms with van der Waals surface area (Å²) in [5, 5.41) is 0. The second-order valence-corrected chi connectivity index (χ2v) is 8.81. The molecule has 3 aromatic rings. The van der Waals surface area contributed by atoms with Gasteiger partial charge < -0.3 is 4.74 Å². The summed E-state index contributed by atoms with van der Waals surface area (Å²) in [6.45, 7) is 3.79. The number of hydrogen-bond donors (Lipinski definition) is 1. The third-order valence-corrected chi connectivity index (χ3v) is 6.24. The molecule has 0 saturated carbocycles. The Hall–Kier alpha value is -2.65. The molecule has 0 amide bonds. The quantitative estimate of drug-likeness (QED) is 0.657. The van der Waals surface area contributed by atoms with Crippen molar-refractivity contribution in [2.24, 2.45) is 0 Å².